The van der Waals surface area contributed by atoms with Crippen LogP contribution in [-0.4, -0.2) is 4.57 Å². The molecule has 0 N–H and O–H groups in total. The highest BCUT2D eigenvalue weighted by atomic mass is 16.1. The summed E-state index contributed by atoms with van der Waals surface area (Å²) in [5, 5.41) is 0. The van der Waals surface area contributed by atoms with Crippen LogP contribution < -0.4 is 5.56 Å². The third-order valence-electron chi connectivity index (χ3n) is 3.94. The lowest BCUT2D eigenvalue weighted by Gasteiger charge is -2.19. The smallest absolute Gasteiger partial charge is 0.250 e. The van der Waals surface area contributed by atoms with Crippen molar-refractivity contribution in [2.75, 3.05) is 0 Å². The Bertz CT molecular complexity index is 767. The van der Waals surface area contributed by atoms with Crippen molar-refractivity contribution in [1.82, 2.24) is 4.57 Å². The first-order valence-electron chi connectivity index (χ1n) is 7.95. The fourth-order valence-electron chi connectivity index (χ4n) is 2.90. The summed E-state index contributed by atoms with van der Waals surface area (Å²) in [4.78, 5) is 12.0. The Kier molecular flexibility index (Phi) is 4.72. The minimum absolute atomic E-state index is 0.00970. The van der Waals surface area contributed by atoms with E-state index in [0.29, 0.717) is 0 Å². The van der Waals surface area contributed by atoms with Crippen LogP contribution >= 0.6 is 0 Å². The van der Waals surface area contributed by atoms with E-state index in [1.54, 1.807) is 10.6 Å². The molecule has 0 aliphatic rings. The van der Waals surface area contributed by atoms with Gasteiger partial charge in [0.15, 0.2) is 0 Å². The van der Waals surface area contributed by atoms with Crippen molar-refractivity contribution in [3.05, 3.63) is 113 Å². The van der Waals surface area contributed by atoms with Crippen molar-refractivity contribution in [1.29, 1.82) is 0 Å². The lowest BCUT2D eigenvalue weighted by atomic mass is 9.86. The molecular formula is C21H20NO. The summed E-state index contributed by atoms with van der Waals surface area (Å²) in [6.45, 7) is 3.95. The van der Waals surface area contributed by atoms with Crippen molar-refractivity contribution < 1.29 is 0 Å². The van der Waals surface area contributed by atoms with Gasteiger partial charge in [-0.05, 0) is 23.1 Å². The topological polar surface area (TPSA) is 22.0 Å². The minimum atomic E-state index is 0.00970. The lowest BCUT2D eigenvalue weighted by Crippen LogP contribution is -2.18. The number of hydrogen-bond acceptors (Lipinski definition) is 1. The summed E-state index contributed by atoms with van der Waals surface area (Å²) < 4.78 is 1.69. The maximum absolute atomic E-state index is 12.0. The number of pyridine rings is 1. The van der Waals surface area contributed by atoms with Gasteiger partial charge in [0.25, 0.3) is 5.56 Å². The maximum atomic E-state index is 12.0. The molecule has 0 amide bonds. The van der Waals surface area contributed by atoms with Crippen LogP contribution in [0.5, 0.6) is 0 Å². The molecule has 3 rings (SSSR count). The van der Waals surface area contributed by atoms with Crippen LogP contribution in [0.2, 0.25) is 0 Å². The maximum Gasteiger partial charge on any atom is 0.250 e. The molecule has 0 aliphatic carbocycles. The largest absolute Gasteiger partial charge is 0.310 e. The summed E-state index contributed by atoms with van der Waals surface area (Å²) >= 11 is 0. The van der Waals surface area contributed by atoms with E-state index in [0.717, 1.165) is 12.0 Å². The Morgan fingerprint density at radius 1 is 0.826 bits per heavy atom. The second-order valence-electron chi connectivity index (χ2n) is 5.55. The average molecular weight is 302 g/mol. The van der Waals surface area contributed by atoms with Gasteiger partial charge in [-0.3, -0.25) is 4.79 Å². The standard InChI is InChI=1S/C21H20NO/c1-2-15-22-16-19(13-14-20(22)23)21(17-9-5-3-6-10-17)18-11-7-4-8-12-18/h3-16,21H,2H2,1H3. The van der Waals surface area contributed by atoms with E-state index in [2.05, 4.69) is 48.5 Å². The molecule has 1 radical (unpaired) electrons. The fourth-order valence-corrected chi connectivity index (χ4v) is 2.90. The fraction of sp³-hybridized carbons (Fsp3) is 0.143. The van der Waals surface area contributed by atoms with Crippen molar-refractivity contribution in [2.24, 2.45) is 0 Å². The highest BCUT2D eigenvalue weighted by molar-refractivity contribution is 5.42. The normalized spacial score (nSPS) is 10.9. The number of aromatic nitrogens is 1. The number of benzene rings is 2. The van der Waals surface area contributed by atoms with Crippen LogP contribution in [-0.2, 0) is 0 Å². The molecule has 23 heavy (non-hydrogen) atoms. The Labute approximate surface area is 137 Å². The Morgan fingerprint density at radius 2 is 1.39 bits per heavy atom. The van der Waals surface area contributed by atoms with Crippen molar-refractivity contribution >= 4 is 0 Å². The summed E-state index contributed by atoms with van der Waals surface area (Å²) in [6, 6.07) is 24.4. The number of hydrogen-bond donors (Lipinski definition) is 0. The zero-order chi connectivity index (χ0) is 16.1. The van der Waals surface area contributed by atoms with Gasteiger partial charge in [0.05, 0.1) is 6.54 Å². The summed E-state index contributed by atoms with van der Waals surface area (Å²) in [7, 11) is 0. The third kappa shape index (κ3) is 3.42. The SMILES string of the molecule is CC[CH]n1cc(C(c2ccccc2)c2ccccc2)ccc1=O. The molecule has 2 heteroatoms. The zero-order valence-electron chi connectivity index (χ0n) is 13.2. The monoisotopic (exact) mass is 302 g/mol. The van der Waals surface area contributed by atoms with E-state index >= 15 is 0 Å². The minimum Gasteiger partial charge on any atom is -0.310 e. The van der Waals surface area contributed by atoms with Crippen LogP contribution in [0.15, 0.2) is 83.8 Å². The molecule has 2 nitrogen and oxygen atoms in total. The summed E-state index contributed by atoms with van der Waals surface area (Å²) in [6.07, 6.45) is 2.78. The highest BCUT2D eigenvalue weighted by Crippen LogP contribution is 2.31. The van der Waals surface area contributed by atoms with Gasteiger partial charge in [-0.25, -0.2) is 0 Å². The van der Waals surface area contributed by atoms with Gasteiger partial charge in [-0.2, -0.15) is 0 Å². The van der Waals surface area contributed by atoms with Crippen LogP contribution in [0.1, 0.15) is 36.0 Å². The zero-order valence-corrected chi connectivity index (χ0v) is 13.2. The molecule has 0 aliphatic heterocycles. The number of rotatable bonds is 5. The predicted molar refractivity (Wildman–Crippen MR) is 94.5 cm³/mol. The van der Waals surface area contributed by atoms with Crippen molar-refractivity contribution in [3.8, 4) is 0 Å². The molecule has 0 spiro atoms. The summed E-state index contributed by atoms with van der Waals surface area (Å²) in [5.74, 6) is 0.120. The first-order valence-corrected chi connectivity index (χ1v) is 7.95. The molecule has 115 valence electrons. The van der Waals surface area contributed by atoms with Gasteiger partial charge in [0.2, 0.25) is 0 Å². The second-order valence-corrected chi connectivity index (χ2v) is 5.55. The summed E-state index contributed by atoms with van der Waals surface area (Å²) in [5.41, 5.74) is 3.57. The molecule has 3 aromatic rings. The molecule has 1 heterocycles. The van der Waals surface area contributed by atoms with Crippen LogP contribution in [0.3, 0.4) is 0 Å². The molecule has 0 unspecified atom stereocenters. The van der Waals surface area contributed by atoms with E-state index in [1.807, 2.05) is 37.9 Å². The Hall–Kier alpha value is -2.61. The van der Waals surface area contributed by atoms with Crippen molar-refractivity contribution in [2.45, 2.75) is 19.3 Å². The van der Waals surface area contributed by atoms with Crippen molar-refractivity contribution in [3.63, 3.8) is 0 Å². The van der Waals surface area contributed by atoms with Gasteiger partial charge in [0, 0.05) is 18.2 Å². The third-order valence-corrected chi connectivity index (χ3v) is 3.94. The van der Waals surface area contributed by atoms with Crippen LogP contribution in [0.4, 0.5) is 0 Å². The van der Waals surface area contributed by atoms with Gasteiger partial charge in [0.1, 0.15) is 0 Å². The van der Waals surface area contributed by atoms with E-state index < -0.39 is 0 Å². The molecule has 2 aromatic carbocycles. The first kappa shape index (κ1) is 15.3. The highest BCUT2D eigenvalue weighted by Gasteiger charge is 2.17. The van der Waals surface area contributed by atoms with Gasteiger partial charge < -0.3 is 4.57 Å². The van der Waals surface area contributed by atoms with E-state index in [9.17, 15) is 4.79 Å². The number of nitrogens with zero attached hydrogens (tertiary/aromatic N) is 1. The molecule has 0 atom stereocenters. The Morgan fingerprint density at radius 3 is 1.91 bits per heavy atom. The first-order chi connectivity index (χ1) is 11.3. The van der Waals surface area contributed by atoms with E-state index in [-0.39, 0.29) is 11.5 Å². The molecule has 0 saturated carbocycles. The molecule has 0 saturated heterocycles. The lowest BCUT2D eigenvalue weighted by molar-refractivity contribution is 0.813. The molecule has 0 fully saturated rings. The molecule has 0 bridgehead atoms. The average Bonchev–Trinajstić information content (AvgIpc) is 2.60. The van der Waals surface area contributed by atoms with E-state index in [1.165, 1.54) is 11.1 Å². The molecular weight excluding hydrogens is 282 g/mol. The molecule has 1 aromatic heterocycles. The van der Waals surface area contributed by atoms with Gasteiger partial charge >= 0.3 is 0 Å². The van der Waals surface area contributed by atoms with Gasteiger partial charge in [-0.1, -0.05) is 73.7 Å². The van der Waals surface area contributed by atoms with Crippen LogP contribution in [0.25, 0.3) is 0 Å². The predicted octanol–water partition coefficient (Wildman–Crippen LogP) is 4.45. The van der Waals surface area contributed by atoms with E-state index in [4.69, 9.17) is 0 Å². The second kappa shape index (κ2) is 7.10. The Balaban J connectivity index is 2.13. The van der Waals surface area contributed by atoms with Crippen LogP contribution in [0, 0.1) is 6.54 Å². The quantitative estimate of drug-likeness (QED) is 0.682. The van der Waals surface area contributed by atoms with Gasteiger partial charge in [-0.15, -0.1) is 0 Å².